The van der Waals surface area contributed by atoms with E-state index in [0.717, 1.165) is 0 Å². The van der Waals surface area contributed by atoms with E-state index in [1.165, 1.54) is 6.92 Å². The zero-order chi connectivity index (χ0) is 12.3. The fourth-order valence-corrected chi connectivity index (χ4v) is 0.379. The van der Waals surface area contributed by atoms with Crippen molar-refractivity contribution in [1.29, 1.82) is 0 Å². The van der Waals surface area contributed by atoms with Crippen LogP contribution in [0.4, 0.5) is 0 Å². The average Bonchev–Trinajstić information content (AvgIpc) is 2.16. The molecule has 60 valence electrons. The van der Waals surface area contributed by atoms with Crippen molar-refractivity contribution in [2.24, 2.45) is 0 Å². The Labute approximate surface area is 69.6 Å². The van der Waals surface area contributed by atoms with E-state index in [4.69, 9.17) is 6.85 Å². The molecule has 0 heterocycles. The Morgan fingerprint density at radius 1 is 1.60 bits per heavy atom. The molecule has 0 spiro atoms. The lowest BCUT2D eigenvalue weighted by Crippen LogP contribution is -2.02. The summed E-state index contributed by atoms with van der Waals surface area (Å²) in [4.78, 5) is 11.2. The lowest BCUT2D eigenvalue weighted by molar-refractivity contribution is -0.143. The molecule has 0 N–H and O–H groups in total. The summed E-state index contributed by atoms with van der Waals surface area (Å²) in [6.45, 7) is 3.07. The van der Waals surface area contributed by atoms with E-state index in [-0.39, 0.29) is 13.0 Å². The molecule has 0 bridgehead atoms. The summed E-state index contributed by atoms with van der Waals surface area (Å²) in [6, 6.07) is 0. The first-order valence-electron chi connectivity index (χ1n) is 5.89. The van der Waals surface area contributed by atoms with Crippen LogP contribution in [-0.2, 0) is 9.53 Å². The van der Waals surface area contributed by atoms with Gasteiger partial charge in [0.25, 0.3) is 0 Å². The number of carbonyl (C=O) groups is 1. The van der Waals surface area contributed by atoms with E-state index in [2.05, 4.69) is 4.74 Å². The Balaban J connectivity index is 4.91. The smallest absolute Gasteiger partial charge is 0.305 e. The summed E-state index contributed by atoms with van der Waals surface area (Å²) in [7, 11) is 0. The van der Waals surface area contributed by atoms with Crippen LogP contribution in [0.5, 0.6) is 0 Å². The van der Waals surface area contributed by atoms with Crippen LogP contribution in [0.1, 0.15) is 46.3 Å². The van der Waals surface area contributed by atoms with Crippen molar-refractivity contribution in [2.45, 2.75) is 39.4 Å². The summed E-state index contributed by atoms with van der Waals surface area (Å²) in [5.41, 5.74) is 0. The number of carbonyl (C=O) groups excluding carboxylic acids is 1. The van der Waals surface area contributed by atoms with Crippen LogP contribution in [0, 0.1) is 0 Å². The van der Waals surface area contributed by atoms with Crippen LogP contribution < -0.4 is 0 Å². The minimum absolute atomic E-state index is 0.0107. The molecule has 0 radical (unpaired) electrons. The largest absolute Gasteiger partial charge is 0.466 e. The van der Waals surface area contributed by atoms with Gasteiger partial charge in [-0.15, -0.1) is 0 Å². The third-order valence-electron chi connectivity index (χ3n) is 0.756. The molecule has 0 aromatic heterocycles. The summed E-state index contributed by atoms with van der Waals surface area (Å²) in [5, 5.41) is 0. The third-order valence-corrected chi connectivity index (χ3v) is 0.756. The summed E-state index contributed by atoms with van der Waals surface area (Å²) in [5.74, 6) is -1.25. The summed E-state index contributed by atoms with van der Waals surface area (Å²) < 4.78 is 41.5. The van der Waals surface area contributed by atoms with Gasteiger partial charge in [-0.25, -0.2) is 0 Å². The number of esters is 1. The van der Waals surface area contributed by atoms with E-state index < -0.39 is 25.1 Å². The van der Waals surface area contributed by atoms with Crippen LogP contribution in [0.2, 0.25) is 0 Å². The highest BCUT2D eigenvalue weighted by Gasteiger charge is 1.98. The second-order valence-corrected chi connectivity index (χ2v) is 1.60. The van der Waals surface area contributed by atoms with Crippen molar-refractivity contribution in [2.75, 3.05) is 6.61 Å². The predicted octanol–water partition coefficient (Wildman–Crippen LogP) is 2.13. The molecule has 10 heavy (non-hydrogen) atoms. The number of rotatable bonds is 5. The molecule has 0 aliphatic carbocycles. The monoisotopic (exact) mass is 149 g/mol. The maximum Gasteiger partial charge on any atom is 0.305 e. The maximum atomic E-state index is 11.2. The summed E-state index contributed by atoms with van der Waals surface area (Å²) in [6.07, 6.45) is -6.50. The van der Waals surface area contributed by atoms with Crippen molar-refractivity contribution in [3.8, 4) is 0 Å². The molecular formula is C8H16O2. The quantitative estimate of drug-likeness (QED) is 0.560. The van der Waals surface area contributed by atoms with Crippen molar-refractivity contribution < 1.29 is 16.4 Å². The number of ether oxygens (including phenoxy) is 1. The number of hydrogen-bond donors (Lipinski definition) is 0. The molecule has 1 atom stereocenters. The molecule has 0 fully saturated rings. The molecule has 2 heteroatoms. The standard InChI is InChI=1S/C8H16O2/c1-3-5-6-7-8(9)10-4-2/h3-7H2,1-2H3/i5D,6D2,7D2. The second kappa shape index (κ2) is 6.59. The van der Waals surface area contributed by atoms with E-state index in [1.54, 1.807) is 6.92 Å². The van der Waals surface area contributed by atoms with Gasteiger partial charge in [-0.3, -0.25) is 4.79 Å². The van der Waals surface area contributed by atoms with Gasteiger partial charge in [0.1, 0.15) is 0 Å². The molecule has 0 aromatic rings. The Morgan fingerprint density at radius 2 is 2.30 bits per heavy atom. The molecule has 0 amide bonds. The first-order valence-corrected chi connectivity index (χ1v) is 3.31. The molecular weight excluding hydrogens is 128 g/mol. The van der Waals surface area contributed by atoms with Crippen molar-refractivity contribution in [3.05, 3.63) is 0 Å². The van der Waals surface area contributed by atoms with E-state index in [1.807, 2.05) is 0 Å². The van der Waals surface area contributed by atoms with Crippen LogP contribution in [0.25, 0.3) is 0 Å². The predicted molar refractivity (Wildman–Crippen MR) is 40.8 cm³/mol. The second-order valence-electron chi connectivity index (χ2n) is 1.60. The molecule has 0 saturated carbocycles. The highest BCUT2D eigenvalue weighted by atomic mass is 16.5. The Morgan fingerprint density at radius 3 is 2.80 bits per heavy atom. The zero-order valence-corrected chi connectivity index (χ0v) is 6.31. The van der Waals surface area contributed by atoms with Crippen LogP contribution in [0.15, 0.2) is 0 Å². The highest BCUT2D eigenvalue weighted by Crippen LogP contribution is 1.99. The van der Waals surface area contributed by atoms with Gasteiger partial charge in [-0.05, 0) is 13.3 Å². The van der Waals surface area contributed by atoms with Crippen molar-refractivity contribution in [1.82, 2.24) is 0 Å². The van der Waals surface area contributed by atoms with Gasteiger partial charge in [0.15, 0.2) is 0 Å². The molecule has 0 aromatic carbocycles. The molecule has 0 rings (SSSR count). The minimum atomic E-state index is -2.79. The first-order chi connectivity index (χ1) is 6.71. The SMILES string of the molecule is [2H]C(CC)C([2H])([2H])C([2H])([2H])C(=O)OCC. The molecule has 1 unspecified atom stereocenters. The van der Waals surface area contributed by atoms with E-state index in [9.17, 15) is 4.79 Å². The van der Waals surface area contributed by atoms with Crippen LogP contribution in [0.3, 0.4) is 0 Å². The molecule has 0 aliphatic rings. The fraction of sp³-hybridized carbons (Fsp3) is 0.875. The zero-order valence-electron chi connectivity index (χ0n) is 11.3. The summed E-state index contributed by atoms with van der Waals surface area (Å²) >= 11 is 0. The van der Waals surface area contributed by atoms with Gasteiger partial charge in [0, 0.05) is 13.2 Å². The average molecular weight is 149 g/mol. The lowest BCUT2D eigenvalue weighted by atomic mass is 10.2. The Hall–Kier alpha value is -0.530. The van der Waals surface area contributed by atoms with E-state index >= 15 is 0 Å². The molecule has 0 saturated heterocycles. The van der Waals surface area contributed by atoms with Crippen LogP contribution in [-0.4, -0.2) is 12.6 Å². The maximum absolute atomic E-state index is 11.2. The Kier molecular flexibility index (Phi) is 2.47. The first kappa shape index (κ1) is 3.74. The number of hydrogen-bond acceptors (Lipinski definition) is 2. The van der Waals surface area contributed by atoms with Gasteiger partial charge in [0.05, 0.1) is 6.61 Å². The van der Waals surface area contributed by atoms with Crippen molar-refractivity contribution >= 4 is 5.97 Å². The van der Waals surface area contributed by atoms with Gasteiger partial charge in [-0.2, -0.15) is 0 Å². The van der Waals surface area contributed by atoms with E-state index in [0.29, 0.717) is 0 Å². The van der Waals surface area contributed by atoms with Gasteiger partial charge >= 0.3 is 5.97 Å². The highest BCUT2D eigenvalue weighted by molar-refractivity contribution is 5.69. The Bertz CT molecular complexity index is 229. The van der Waals surface area contributed by atoms with Gasteiger partial charge in [0.2, 0.25) is 0 Å². The fourth-order valence-electron chi connectivity index (χ4n) is 0.379. The van der Waals surface area contributed by atoms with Crippen molar-refractivity contribution in [3.63, 3.8) is 0 Å². The lowest BCUT2D eigenvalue weighted by Gasteiger charge is -1.99. The third kappa shape index (κ3) is 5.60. The van der Waals surface area contributed by atoms with Gasteiger partial charge in [-0.1, -0.05) is 19.7 Å². The molecule has 2 nitrogen and oxygen atoms in total. The molecule has 0 aliphatic heterocycles. The topological polar surface area (TPSA) is 26.3 Å². The van der Waals surface area contributed by atoms with Crippen LogP contribution >= 0.6 is 0 Å². The normalized spacial score (nSPS) is 22.8. The van der Waals surface area contributed by atoms with Gasteiger partial charge < -0.3 is 4.74 Å². The minimum Gasteiger partial charge on any atom is -0.466 e.